The summed E-state index contributed by atoms with van der Waals surface area (Å²) in [6.07, 6.45) is -1.22. The van der Waals surface area contributed by atoms with E-state index < -0.39 is 18.3 Å². The first-order chi connectivity index (χ1) is 8.56. The summed E-state index contributed by atoms with van der Waals surface area (Å²) in [6.45, 7) is 1.63. The molecule has 3 N–H and O–H groups in total. The van der Waals surface area contributed by atoms with Crippen molar-refractivity contribution in [3.05, 3.63) is 34.3 Å². The van der Waals surface area contributed by atoms with Gasteiger partial charge in [0.25, 0.3) is 0 Å². The first-order valence-electron chi connectivity index (χ1n) is 6.08. The largest absolute Gasteiger partial charge is 0.389 e. The van der Waals surface area contributed by atoms with Gasteiger partial charge in [-0.15, -0.1) is 0 Å². The van der Waals surface area contributed by atoms with Crippen LogP contribution in [0.5, 0.6) is 0 Å². The van der Waals surface area contributed by atoms with E-state index in [1.165, 1.54) is 0 Å². The van der Waals surface area contributed by atoms with Gasteiger partial charge >= 0.3 is 0 Å². The fourth-order valence-electron chi connectivity index (χ4n) is 2.19. The lowest BCUT2D eigenvalue weighted by Gasteiger charge is -2.17. The Hall–Kier alpha value is -0.460. The molecule has 0 aliphatic carbocycles. The van der Waals surface area contributed by atoms with E-state index in [0.717, 1.165) is 10.0 Å². The monoisotopic (exact) mass is 315 g/mol. The van der Waals surface area contributed by atoms with Crippen molar-refractivity contribution in [2.24, 2.45) is 0 Å². The van der Waals surface area contributed by atoms with Crippen molar-refractivity contribution in [1.29, 1.82) is 0 Å². The second-order valence-electron chi connectivity index (χ2n) is 4.75. The summed E-state index contributed by atoms with van der Waals surface area (Å²) in [5, 5.41) is 28.9. The van der Waals surface area contributed by atoms with Crippen LogP contribution in [0.4, 0.5) is 0 Å². The molecule has 0 amide bonds. The maximum Gasteiger partial charge on any atom is 0.0938 e. The van der Waals surface area contributed by atoms with Gasteiger partial charge in [0.2, 0.25) is 0 Å². The Morgan fingerprint density at radius 3 is 2.28 bits per heavy atom. The molecule has 1 aliphatic rings. The number of likely N-dealkylation sites (tertiary alicyclic amines) is 1. The zero-order chi connectivity index (χ0) is 13.1. The van der Waals surface area contributed by atoms with Crippen LogP contribution in [-0.4, -0.2) is 52.1 Å². The Balaban J connectivity index is 1.81. The molecule has 0 radical (unpaired) electrons. The summed E-state index contributed by atoms with van der Waals surface area (Å²) in [5.41, 5.74) is 0.887. The quantitative estimate of drug-likeness (QED) is 0.773. The van der Waals surface area contributed by atoms with Crippen molar-refractivity contribution in [1.82, 2.24) is 4.90 Å². The SMILES string of the molecule is OC(CCN1CC(O)C(O)C1)c1ccc(Br)cc1. The van der Waals surface area contributed by atoms with Gasteiger partial charge in [-0.25, -0.2) is 0 Å². The van der Waals surface area contributed by atoms with Crippen molar-refractivity contribution in [2.45, 2.75) is 24.7 Å². The van der Waals surface area contributed by atoms with E-state index in [-0.39, 0.29) is 0 Å². The van der Waals surface area contributed by atoms with Gasteiger partial charge < -0.3 is 15.3 Å². The van der Waals surface area contributed by atoms with Crippen LogP contribution < -0.4 is 0 Å². The number of aliphatic hydroxyl groups excluding tert-OH is 3. The van der Waals surface area contributed by atoms with Crippen LogP contribution >= 0.6 is 15.9 Å². The number of halogens is 1. The fraction of sp³-hybridized carbons (Fsp3) is 0.538. The van der Waals surface area contributed by atoms with Crippen LogP contribution in [-0.2, 0) is 0 Å². The standard InChI is InChI=1S/C13H18BrNO3/c14-10-3-1-9(2-4-10)11(16)5-6-15-7-12(17)13(18)8-15/h1-4,11-13,16-18H,5-8H2. The second kappa shape index (κ2) is 6.12. The van der Waals surface area contributed by atoms with E-state index in [4.69, 9.17) is 0 Å². The predicted octanol–water partition coefficient (Wildman–Crippen LogP) is 0.910. The van der Waals surface area contributed by atoms with E-state index in [2.05, 4.69) is 15.9 Å². The van der Waals surface area contributed by atoms with E-state index in [1.54, 1.807) is 0 Å². The molecule has 1 saturated heterocycles. The lowest BCUT2D eigenvalue weighted by molar-refractivity contribution is 0.0572. The van der Waals surface area contributed by atoms with Crippen LogP contribution in [0, 0.1) is 0 Å². The minimum absolute atomic E-state index is 0.480. The number of hydrogen-bond donors (Lipinski definition) is 3. The highest BCUT2D eigenvalue weighted by Gasteiger charge is 2.29. The lowest BCUT2D eigenvalue weighted by Crippen LogP contribution is -2.24. The maximum absolute atomic E-state index is 10.0. The van der Waals surface area contributed by atoms with E-state index >= 15 is 0 Å². The van der Waals surface area contributed by atoms with Crippen molar-refractivity contribution in [2.75, 3.05) is 19.6 Å². The van der Waals surface area contributed by atoms with Gasteiger partial charge in [-0.05, 0) is 24.1 Å². The highest BCUT2D eigenvalue weighted by atomic mass is 79.9. The molecule has 3 atom stereocenters. The minimum atomic E-state index is -0.658. The third-order valence-corrected chi connectivity index (χ3v) is 3.84. The van der Waals surface area contributed by atoms with E-state index in [1.807, 2.05) is 29.2 Å². The highest BCUT2D eigenvalue weighted by Crippen LogP contribution is 2.20. The molecule has 0 bridgehead atoms. The van der Waals surface area contributed by atoms with Crippen molar-refractivity contribution < 1.29 is 15.3 Å². The second-order valence-corrected chi connectivity index (χ2v) is 5.67. The summed E-state index contributed by atoms with van der Waals surface area (Å²) in [5.74, 6) is 0. The molecule has 1 aromatic carbocycles. The Labute approximate surface area is 115 Å². The molecule has 0 aromatic heterocycles. The van der Waals surface area contributed by atoms with Gasteiger partial charge in [-0.3, -0.25) is 4.90 Å². The summed E-state index contributed by atoms with van der Waals surface area (Å²) >= 11 is 3.36. The molecule has 4 nitrogen and oxygen atoms in total. The minimum Gasteiger partial charge on any atom is -0.389 e. The Morgan fingerprint density at radius 1 is 1.17 bits per heavy atom. The lowest BCUT2D eigenvalue weighted by atomic mass is 10.1. The molecule has 1 heterocycles. The van der Waals surface area contributed by atoms with E-state index in [0.29, 0.717) is 26.1 Å². The van der Waals surface area contributed by atoms with Crippen molar-refractivity contribution in [3.8, 4) is 0 Å². The van der Waals surface area contributed by atoms with Crippen LogP contribution in [0.2, 0.25) is 0 Å². The molecule has 2 rings (SSSR count). The highest BCUT2D eigenvalue weighted by molar-refractivity contribution is 9.10. The molecule has 1 fully saturated rings. The topological polar surface area (TPSA) is 63.9 Å². The Bertz CT molecular complexity index is 374. The van der Waals surface area contributed by atoms with Crippen LogP contribution in [0.25, 0.3) is 0 Å². The number of aliphatic hydroxyl groups is 3. The molecule has 0 saturated carbocycles. The van der Waals surface area contributed by atoms with Crippen molar-refractivity contribution >= 4 is 15.9 Å². The first-order valence-corrected chi connectivity index (χ1v) is 6.87. The summed E-state index contributed by atoms with van der Waals surface area (Å²) < 4.78 is 0.990. The summed E-state index contributed by atoms with van der Waals surface area (Å²) in [7, 11) is 0. The number of rotatable bonds is 4. The van der Waals surface area contributed by atoms with Gasteiger partial charge in [0.15, 0.2) is 0 Å². The van der Waals surface area contributed by atoms with Crippen LogP contribution in [0.3, 0.4) is 0 Å². The smallest absolute Gasteiger partial charge is 0.0938 e. The average molecular weight is 316 g/mol. The normalized spacial score (nSPS) is 26.4. The number of benzene rings is 1. The molecular weight excluding hydrogens is 298 g/mol. The average Bonchev–Trinajstić information content (AvgIpc) is 2.67. The Kier molecular flexibility index (Phi) is 4.75. The third-order valence-electron chi connectivity index (χ3n) is 3.31. The van der Waals surface area contributed by atoms with Gasteiger partial charge in [0.05, 0.1) is 18.3 Å². The van der Waals surface area contributed by atoms with Gasteiger partial charge in [0.1, 0.15) is 0 Å². The number of nitrogens with zero attached hydrogens (tertiary/aromatic N) is 1. The number of hydrogen-bond acceptors (Lipinski definition) is 4. The van der Waals surface area contributed by atoms with Crippen LogP contribution in [0.1, 0.15) is 18.1 Å². The zero-order valence-electron chi connectivity index (χ0n) is 10.0. The first kappa shape index (κ1) is 14.0. The number of β-amino-alcohol motifs (C(OH)–C–C–N with tert-alkyl or cyclic N) is 2. The molecule has 1 aromatic rings. The fourth-order valence-corrected chi connectivity index (χ4v) is 2.45. The van der Waals surface area contributed by atoms with Gasteiger partial charge in [0, 0.05) is 24.1 Å². The predicted molar refractivity (Wildman–Crippen MR) is 72.2 cm³/mol. The molecule has 3 unspecified atom stereocenters. The third kappa shape index (κ3) is 3.52. The molecule has 0 spiro atoms. The Morgan fingerprint density at radius 2 is 1.72 bits per heavy atom. The van der Waals surface area contributed by atoms with E-state index in [9.17, 15) is 15.3 Å². The van der Waals surface area contributed by atoms with Gasteiger partial charge in [-0.2, -0.15) is 0 Å². The molecule has 18 heavy (non-hydrogen) atoms. The molecule has 5 heteroatoms. The summed E-state index contributed by atoms with van der Waals surface area (Å²) in [6, 6.07) is 7.59. The van der Waals surface area contributed by atoms with Crippen molar-refractivity contribution in [3.63, 3.8) is 0 Å². The molecule has 1 aliphatic heterocycles. The van der Waals surface area contributed by atoms with Gasteiger partial charge in [-0.1, -0.05) is 28.1 Å². The zero-order valence-corrected chi connectivity index (χ0v) is 11.6. The summed E-state index contributed by atoms with van der Waals surface area (Å²) in [4.78, 5) is 1.97. The molecule has 100 valence electrons. The van der Waals surface area contributed by atoms with Crippen LogP contribution in [0.15, 0.2) is 28.7 Å². The molecular formula is C13H18BrNO3. The maximum atomic E-state index is 10.0.